The summed E-state index contributed by atoms with van der Waals surface area (Å²) in [7, 11) is 0. The topological polar surface area (TPSA) is 12.4 Å². The van der Waals surface area contributed by atoms with Crippen LogP contribution in [0.1, 0.15) is 42.2 Å². The van der Waals surface area contributed by atoms with Crippen molar-refractivity contribution >= 4 is 30.0 Å². The molecule has 1 nitrogen and oxygen atoms in total. The van der Waals surface area contributed by atoms with Gasteiger partial charge in [0.25, 0.3) is 0 Å². The van der Waals surface area contributed by atoms with Crippen molar-refractivity contribution in [3.8, 4) is 0 Å². The Balaban J connectivity index is 0.00000144. The van der Waals surface area contributed by atoms with Gasteiger partial charge in [-0.2, -0.15) is 0 Å². The quantitative estimate of drug-likeness (QED) is 0.725. The van der Waals surface area contributed by atoms with Crippen LogP contribution < -0.4 is 0 Å². The Labute approximate surface area is 114 Å². The second kappa shape index (κ2) is 5.83. The number of allylic oxidation sites excluding steroid dienone is 1. The van der Waals surface area contributed by atoms with Gasteiger partial charge in [-0.15, -0.1) is 23.7 Å². The van der Waals surface area contributed by atoms with Crippen molar-refractivity contribution in [3.63, 3.8) is 0 Å². The number of aryl methyl sites for hydroxylation is 1. The first-order valence-corrected chi connectivity index (χ1v) is 6.75. The van der Waals surface area contributed by atoms with Gasteiger partial charge in [0.1, 0.15) is 0 Å². The van der Waals surface area contributed by atoms with Crippen LogP contribution in [0.25, 0.3) is 0 Å². The molecule has 1 aliphatic heterocycles. The largest absolute Gasteiger partial charge is 0.269 e. The van der Waals surface area contributed by atoms with E-state index in [0.29, 0.717) is 11.8 Å². The maximum Gasteiger partial charge on any atom is 0.0265 e. The predicted molar refractivity (Wildman–Crippen MR) is 79.8 cm³/mol. The van der Waals surface area contributed by atoms with Gasteiger partial charge in [0.2, 0.25) is 0 Å². The molecule has 0 radical (unpaired) electrons. The van der Waals surface area contributed by atoms with Crippen LogP contribution in [0.4, 0.5) is 0 Å². The zero-order valence-corrected chi connectivity index (χ0v) is 12.5. The molecule has 1 aromatic rings. The van der Waals surface area contributed by atoms with E-state index in [0.717, 1.165) is 6.42 Å². The molecule has 94 valence electrons. The Hall–Kier alpha value is -0.600. The molecular formula is C14H20ClNS. The molecule has 0 amide bonds. The second-order valence-electron chi connectivity index (χ2n) is 4.81. The normalized spacial score (nSPS) is 19.1. The van der Waals surface area contributed by atoms with Gasteiger partial charge in [-0.1, -0.05) is 13.8 Å². The Morgan fingerprint density at radius 1 is 1.35 bits per heavy atom. The van der Waals surface area contributed by atoms with Crippen molar-refractivity contribution in [3.05, 3.63) is 33.2 Å². The molecule has 0 N–H and O–H groups in total. The van der Waals surface area contributed by atoms with Crippen molar-refractivity contribution in [1.29, 1.82) is 0 Å². The molecule has 1 unspecified atom stereocenters. The lowest BCUT2D eigenvalue weighted by Crippen LogP contribution is -2.11. The summed E-state index contributed by atoms with van der Waals surface area (Å²) in [5, 5.41) is 2.27. The van der Waals surface area contributed by atoms with Crippen LogP contribution in [0.5, 0.6) is 0 Å². The molecule has 0 aromatic carbocycles. The minimum atomic E-state index is 0. The first kappa shape index (κ1) is 14.5. The number of hydrogen-bond acceptors (Lipinski definition) is 2. The van der Waals surface area contributed by atoms with E-state index >= 15 is 0 Å². The van der Waals surface area contributed by atoms with Crippen molar-refractivity contribution in [2.24, 2.45) is 10.9 Å². The molecule has 0 spiro atoms. The molecule has 17 heavy (non-hydrogen) atoms. The second-order valence-corrected chi connectivity index (χ2v) is 5.72. The summed E-state index contributed by atoms with van der Waals surface area (Å²) in [5.41, 5.74) is 4.37. The van der Waals surface area contributed by atoms with Crippen LogP contribution in [0, 0.1) is 19.8 Å². The summed E-state index contributed by atoms with van der Waals surface area (Å²) < 4.78 is 0. The smallest absolute Gasteiger partial charge is 0.0265 e. The molecule has 2 rings (SSSR count). The maximum atomic E-state index is 4.31. The minimum absolute atomic E-state index is 0. The molecule has 0 aliphatic carbocycles. The summed E-state index contributed by atoms with van der Waals surface area (Å²) in [6.45, 7) is 8.96. The van der Waals surface area contributed by atoms with E-state index < -0.39 is 0 Å². The monoisotopic (exact) mass is 269 g/mol. The van der Waals surface area contributed by atoms with Gasteiger partial charge in [-0.3, -0.25) is 4.99 Å². The van der Waals surface area contributed by atoms with Gasteiger partial charge >= 0.3 is 0 Å². The van der Waals surface area contributed by atoms with Crippen LogP contribution in [0.3, 0.4) is 0 Å². The molecule has 3 heteroatoms. The van der Waals surface area contributed by atoms with Crippen molar-refractivity contribution in [1.82, 2.24) is 0 Å². The highest BCUT2D eigenvalue weighted by atomic mass is 35.5. The van der Waals surface area contributed by atoms with Crippen LogP contribution >= 0.6 is 23.7 Å². The third-order valence-corrected chi connectivity index (χ3v) is 4.70. The maximum absolute atomic E-state index is 4.31. The van der Waals surface area contributed by atoms with E-state index in [1.165, 1.54) is 21.6 Å². The van der Waals surface area contributed by atoms with E-state index in [1.54, 1.807) is 0 Å². The Morgan fingerprint density at radius 2 is 2.06 bits per heavy atom. The third kappa shape index (κ3) is 2.80. The fourth-order valence-corrected chi connectivity index (χ4v) is 3.42. The molecule has 0 saturated heterocycles. The van der Waals surface area contributed by atoms with Gasteiger partial charge in [-0.05, 0) is 48.3 Å². The lowest BCUT2D eigenvalue weighted by Gasteiger charge is -2.23. The molecule has 1 aromatic heterocycles. The SMILES string of the molecule is Cc1csc(C2CC=NC=C2C(C)C)c1C.Cl. The first-order valence-electron chi connectivity index (χ1n) is 5.87. The number of rotatable bonds is 2. The lowest BCUT2D eigenvalue weighted by atomic mass is 9.85. The number of hydrogen-bond donors (Lipinski definition) is 0. The third-order valence-electron chi connectivity index (χ3n) is 3.38. The Bertz CT molecular complexity index is 443. The number of thiophene rings is 1. The van der Waals surface area contributed by atoms with Gasteiger partial charge in [0.05, 0.1) is 0 Å². The van der Waals surface area contributed by atoms with Crippen molar-refractivity contribution in [2.45, 2.75) is 40.0 Å². The minimum Gasteiger partial charge on any atom is -0.269 e. The van der Waals surface area contributed by atoms with Crippen LogP contribution in [0.15, 0.2) is 22.1 Å². The van der Waals surface area contributed by atoms with Gasteiger partial charge in [0, 0.05) is 23.2 Å². The van der Waals surface area contributed by atoms with Gasteiger partial charge in [0.15, 0.2) is 0 Å². The molecule has 0 saturated carbocycles. The summed E-state index contributed by atoms with van der Waals surface area (Å²) in [4.78, 5) is 5.84. The number of nitrogens with zero attached hydrogens (tertiary/aromatic N) is 1. The summed E-state index contributed by atoms with van der Waals surface area (Å²) in [6, 6.07) is 0. The molecule has 1 atom stereocenters. The zero-order valence-electron chi connectivity index (χ0n) is 10.9. The van der Waals surface area contributed by atoms with Crippen molar-refractivity contribution < 1.29 is 0 Å². The van der Waals surface area contributed by atoms with E-state index in [9.17, 15) is 0 Å². The van der Waals surface area contributed by atoms with Gasteiger partial charge < -0.3 is 0 Å². The zero-order chi connectivity index (χ0) is 11.7. The molecule has 2 heterocycles. The Kier molecular flexibility index (Phi) is 4.96. The highest BCUT2D eigenvalue weighted by molar-refractivity contribution is 7.10. The molecule has 1 aliphatic rings. The van der Waals surface area contributed by atoms with E-state index in [-0.39, 0.29) is 12.4 Å². The van der Waals surface area contributed by atoms with E-state index in [1.807, 2.05) is 17.6 Å². The summed E-state index contributed by atoms with van der Waals surface area (Å²) in [5.74, 6) is 1.15. The standard InChI is InChI=1S/C14H19NS.ClH/c1-9(2)13-7-15-6-5-12(13)14-11(4)10(3)8-16-14;/h6-9,12H,5H2,1-4H3;1H. The average Bonchev–Trinajstić information content (AvgIpc) is 2.60. The number of aliphatic imine (C=N–C) groups is 1. The summed E-state index contributed by atoms with van der Waals surface area (Å²) >= 11 is 1.90. The highest BCUT2D eigenvalue weighted by Gasteiger charge is 2.23. The number of halogens is 1. The highest BCUT2D eigenvalue weighted by Crippen LogP contribution is 2.39. The lowest BCUT2D eigenvalue weighted by molar-refractivity contribution is 0.660. The molecule has 0 bridgehead atoms. The molecular weight excluding hydrogens is 250 g/mol. The van der Waals surface area contributed by atoms with Crippen LogP contribution in [-0.4, -0.2) is 6.21 Å². The molecule has 0 fully saturated rings. The van der Waals surface area contributed by atoms with Crippen LogP contribution in [-0.2, 0) is 0 Å². The average molecular weight is 270 g/mol. The van der Waals surface area contributed by atoms with Crippen LogP contribution in [0.2, 0.25) is 0 Å². The van der Waals surface area contributed by atoms with Crippen molar-refractivity contribution in [2.75, 3.05) is 0 Å². The summed E-state index contributed by atoms with van der Waals surface area (Å²) in [6.07, 6.45) is 5.17. The van der Waals surface area contributed by atoms with Gasteiger partial charge in [-0.25, -0.2) is 0 Å². The predicted octanol–water partition coefficient (Wildman–Crippen LogP) is 4.88. The first-order chi connectivity index (χ1) is 7.61. The van der Waals surface area contributed by atoms with E-state index in [2.05, 4.69) is 44.3 Å². The fourth-order valence-electron chi connectivity index (χ4n) is 2.21. The fraction of sp³-hybridized carbons (Fsp3) is 0.500. The Morgan fingerprint density at radius 3 is 2.59 bits per heavy atom. The van der Waals surface area contributed by atoms with E-state index in [4.69, 9.17) is 0 Å².